The average Bonchev–Trinajstić information content (AvgIpc) is 2.96. The van der Waals surface area contributed by atoms with Crippen molar-refractivity contribution in [2.75, 3.05) is 13.7 Å². The molecule has 2 aliphatic carbocycles. The monoisotopic (exact) mass is 396 g/mol. The van der Waals surface area contributed by atoms with Gasteiger partial charge in [0.15, 0.2) is 0 Å². The van der Waals surface area contributed by atoms with Crippen LogP contribution in [-0.2, 0) is 22.5 Å². The molecule has 1 aliphatic heterocycles. The molecule has 0 aromatic heterocycles. The number of methoxy groups -OCH3 is 1. The number of hydrogen-bond donors (Lipinski definition) is 2. The van der Waals surface area contributed by atoms with E-state index in [1.807, 2.05) is 0 Å². The Kier molecular flexibility index (Phi) is 6.66. The van der Waals surface area contributed by atoms with Crippen LogP contribution in [0.2, 0.25) is 0 Å². The number of aliphatic hydroxyl groups is 2. The van der Waals surface area contributed by atoms with Gasteiger partial charge in [0, 0.05) is 20.0 Å². The molecule has 1 aromatic carbocycles. The van der Waals surface area contributed by atoms with E-state index >= 15 is 0 Å². The largest absolute Gasteiger partial charge is 0.394 e. The molecule has 3 aliphatic rings. The summed E-state index contributed by atoms with van der Waals surface area (Å²) in [5, 5.41) is 19.8. The summed E-state index contributed by atoms with van der Waals surface area (Å²) < 4.78 is 11.5. The number of rotatable bonds is 6. The van der Waals surface area contributed by atoms with Gasteiger partial charge in [-0.15, -0.1) is 0 Å². The van der Waals surface area contributed by atoms with Gasteiger partial charge >= 0.3 is 0 Å². The molecule has 0 bridgehead atoms. The number of aliphatic hydroxyl groups excluding tert-OH is 2. The van der Waals surface area contributed by atoms with Crippen molar-refractivity contribution >= 4 is 0 Å². The zero-order valence-electron chi connectivity index (χ0n) is 17.2. The summed E-state index contributed by atoms with van der Waals surface area (Å²) in [5.74, 6) is 1.22. The Hall–Kier alpha value is -1.72. The van der Waals surface area contributed by atoms with E-state index in [1.54, 1.807) is 12.7 Å². The fraction of sp³-hybridized carbons (Fsp3) is 0.520. The molecular formula is C25H32O4. The molecule has 2 fully saturated rings. The smallest absolute Gasteiger partial charge is 0.0858 e. The molecule has 1 aromatic rings. The van der Waals surface area contributed by atoms with Crippen LogP contribution in [0.1, 0.15) is 48.5 Å². The van der Waals surface area contributed by atoms with E-state index in [4.69, 9.17) is 9.47 Å². The maximum absolute atomic E-state index is 10.3. The summed E-state index contributed by atoms with van der Waals surface area (Å²) in [6, 6.07) is 6.59. The molecule has 0 amide bonds. The van der Waals surface area contributed by atoms with Crippen LogP contribution in [0.4, 0.5) is 0 Å². The van der Waals surface area contributed by atoms with Crippen LogP contribution in [0.5, 0.6) is 0 Å². The van der Waals surface area contributed by atoms with Gasteiger partial charge in [-0.1, -0.05) is 54.2 Å². The fourth-order valence-corrected chi connectivity index (χ4v) is 5.07. The fourth-order valence-electron chi connectivity index (χ4n) is 5.07. The zero-order chi connectivity index (χ0) is 20.2. The Morgan fingerprint density at radius 3 is 2.86 bits per heavy atom. The zero-order valence-corrected chi connectivity index (χ0v) is 17.2. The second-order valence-corrected chi connectivity index (χ2v) is 8.65. The number of ether oxygens (including phenoxy) is 2. The van der Waals surface area contributed by atoms with Crippen molar-refractivity contribution in [2.45, 2.75) is 57.0 Å². The highest BCUT2D eigenvalue weighted by Crippen LogP contribution is 2.40. The number of benzene rings is 1. The van der Waals surface area contributed by atoms with E-state index in [9.17, 15) is 10.2 Å². The molecule has 1 heterocycles. The van der Waals surface area contributed by atoms with Crippen molar-refractivity contribution in [3.05, 3.63) is 70.8 Å². The molecule has 29 heavy (non-hydrogen) atoms. The van der Waals surface area contributed by atoms with Crippen molar-refractivity contribution in [1.82, 2.24) is 0 Å². The second-order valence-electron chi connectivity index (χ2n) is 8.65. The van der Waals surface area contributed by atoms with Gasteiger partial charge in [0.05, 0.1) is 31.5 Å². The number of fused-ring (bicyclic) bond motifs is 1. The van der Waals surface area contributed by atoms with E-state index < -0.39 is 6.10 Å². The minimum atomic E-state index is -0.446. The lowest BCUT2D eigenvalue weighted by atomic mass is 9.89. The Bertz CT molecular complexity index is 794. The molecule has 2 N–H and O–H groups in total. The highest BCUT2D eigenvalue weighted by atomic mass is 16.5. The van der Waals surface area contributed by atoms with Crippen molar-refractivity contribution in [3.8, 4) is 0 Å². The molecule has 0 spiro atoms. The second kappa shape index (κ2) is 9.40. The Morgan fingerprint density at radius 1 is 1.14 bits per heavy atom. The van der Waals surface area contributed by atoms with E-state index in [1.165, 1.54) is 12.0 Å². The molecule has 0 radical (unpaired) electrons. The van der Waals surface area contributed by atoms with Gasteiger partial charge in [-0.3, -0.25) is 0 Å². The van der Waals surface area contributed by atoms with Gasteiger partial charge < -0.3 is 19.7 Å². The normalized spacial score (nSPS) is 31.4. The first-order valence-electron chi connectivity index (χ1n) is 10.7. The van der Waals surface area contributed by atoms with Gasteiger partial charge in [0.1, 0.15) is 0 Å². The van der Waals surface area contributed by atoms with E-state index in [-0.39, 0.29) is 18.8 Å². The third kappa shape index (κ3) is 4.89. The summed E-state index contributed by atoms with van der Waals surface area (Å²) in [4.78, 5) is 0. The predicted molar refractivity (Wildman–Crippen MR) is 113 cm³/mol. The Morgan fingerprint density at radius 2 is 2.03 bits per heavy atom. The van der Waals surface area contributed by atoms with Crippen molar-refractivity contribution in [1.29, 1.82) is 0 Å². The minimum Gasteiger partial charge on any atom is -0.394 e. The lowest BCUT2D eigenvalue weighted by molar-refractivity contribution is -0.114. The van der Waals surface area contributed by atoms with Crippen molar-refractivity contribution in [3.63, 3.8) is 0 Å². The van der Waals surface area contributed by atoms with Gasteiger partial charge in [-0.25, -0.2) is 0 Å². The minimum absolute atomic E-state index is 0.0621. The first kappa shape index (κ1) is 20.5. The van der Waals surface area contributed by atoms with E-state index in [0.717, 1.165) is 24.0 Å². The first-order chi connectivity index (χ1) is 14.2. The van der Waals surface area contributed by atoms with Crippen LogP contribution in [0.25, 0.3) is 0 Å². The first-order valence-corrected chi connectivity index (χ1v) is 10.7. The van der Waals surface area contributed by atoms with Crippen LogP contribution in [0.3, 0.4) is 0 Å². The lowest BCUT2D eigenvalue weighted by Crippen LogP contribution is -2.34. The molecule has 4 nitrogen and oxygen atoms in total. The van der Waals surface area contributed by atoms with Gasteiger partial charge in [0.2, 0.25) is 0 Å². The van der Waals surface area contributed by atoms with Gasteiger partial charge in [-0.2, -0.15) is 0 Å². The standard InChI is InChI=1S/C25H32O4/c1-28-16-21-8-7-17(9-18-10-19-5-3-2-4-6-20(19)11-18)12-24(21)25-14-22(27)13-23(15-26)29-25/h2-8,12,18-19,22-23,25-27H,9-11,13-16H2,1H3/t18?,19?,22?,23?,25-/m1/s1. The highest BCUT2D eigenvalue weighted by molar-refractivity contribution is 5.35. The number of hydrogen-bond acceptors (Lipinski definition) is 4. The molecule has 4 unspecified atom stereocenters. The topological polar surface area (TPSA) is 58.9 Å². The van der Waals surface area contributed by atoms with Crippen molar-refractivity contribution < 1.29 is 19.7 Å². The summed E-state index contributed by atoms with van der Waals surface area (Å²) in [6.07, 6.45) is 14.5. The molecule has 4 heteroatoms. The maximum atomic E-state index is 10.3. The Balaban J connectivity index is 1.53. The molecular weight excluding hydrogens is 364 g/mol. The summed E-state index contributed by atoms with van der Waals surface area (Å²) in [5.41, 5.74) is 5.04. The van der Waals surface area contributed by atoms with Gasteiger partial charge in [-0.05, 0) is 47.8 Å². The summed E-state index contributed by atoms with van der Waals surface area (Å²) >= 11 is 0. The van der Waals surface area contributed by atoms with E-state index in [2.05, 4.69) is 48.6 Å². The average molecular weight is 397 g/mol. The maximum Gasteiger partial charge on any atom is 0.0858 e. The molecule has 5 atom stereocenters. The van der Waals surface area contributed by atoms with Crippen LogP contribution >= 0.6 is 0 Å². The molecule has 1 saturated heterocycles. The van der Waals surface area contributed by atoms with Crippen LogP contribution in [-0.4, -0.2) is 36.1 Å². The summed E-state index contributed by atoms with van der Waals surface area (Å²) in [7, 11) is 1.70. The van der Waals surface area contributed by atoms with E-state index in [0.29, 0.717) is 31.3 Å². The third-order valence-corrected chi connectivity index (χ3v) is 6.43. The molecule has 156 valence electrons. The summed E-state index contributed by atoms with van der Waals surface area (Å²) in [6.45, 7) is 0.457. The SMILES string of the molecule is COCc1ccc(CC2CC3=CC=CC=CC3C2)cc1[C@H]1CC(O)CC(CO)O1. The quantitative estimate of drug-likeness (QED) is 0.762. The molecule has 4 rings (SSSR count). The van der Waals surface area contributed by atoms with Crippen molar-refractivity contribution in [2.24, 2.45) is 11.8 Å². The third-order valence-electron chi connectivity index (χ3n) is 6.43. The van der Waals surface area contributed by atoms with Crippen LogP contribution in [0, 0.1) is 11.8 Å². The lowest BCUT2D eigenvalue weighted by Gasteiger charge is -2.33. The Labute approximate surface area is 173 Å². The highest BCUT2D eigenvalue weighted by Gasteiger charge is 2.31. The predicted octanol–water partition coefficient (Wildman–Crippen LogP) is 4.03. The van der Waals surface area contributed by atoms with Crippen LogP contribution < -0.4 is 0 Å². The van der Waals surface area contributed by atoms with Gasteiger partial charge in [0.25, 0.3) is 0 Å². The number of allylic oxidation sites excluding steroid dienone is 6. The molecule has 1 saturated carbocycles. The van der Waals surface area contributed by atoms with Crippen LogP contribution in [0.15, 0.2) is 54.2 Å².